The van der Waals surface area contributed by atoms with Gasteiger partial charge in [-0.15, -0.1) is 10.2 Å². The molecule has 0 aliphatic rings. The topological polar surface area (TPSA) is 59.8 Å². The zero-order valence-corrected chi connectivity index (χ0v) is 15.9. The minimum atomic E-state index is -4.46. The molecule has 0 saturated carbocycles. The highest BCUT2D eigenvalue weighted by molar-refractivity contribution is 7.99. The number of aryl methyl sites for hydroxylation is 1. The Labute approximate surface area is 164 Å². The number of nitrogens with zero attached hydrogens (tertiary/aromatic N) is 3. The van der Waals surface area contributed by atoms with Crippen molar-refractivity contribution in [2.75, 3.05) is 11.1 Å². The van der Waals surface area contributed by atoms with E-state index >= 15 is 0 Å². The second kappa shape index (κ2) is 8.05. The summed E-state index contributed by atoms with van der Waals surface area (Å²) in [5.41, 5.74) is 1.29. The van der Waals surface area contributed by atoms with Crippen LogP contribution in [0.3, 0.4) is 0 Å². The zero-order valence-electron chi connectivity index (χ0n) is 15.1. The van der Waals surface area contributed by atoms with Gasteiger partial charge in [0, 0.05) is 18.3 Å². The normalized spacial score (nSPS) is 11.5. The summed E-state index contributed by atoms with van der Waals surface area (Å²) in [6.45, 7) is 1.98. The summed E-state index contributed by atoms with van der Waals surface area (Å²) in [6.07, 6.45) is -4.46. The average Bonchev–Trinajstić information content (AvgIpc) is 3.00. The molecule has 3 rings (SSSR count). The van der Waals surface area contributed by atoms with Crippen molar-refractivity contribution in [2.45, 2.75) is 18.3 Å². The number of hydrogen-bond donors (Lipinski definition) is 1. The lowest BCUT2D eigenvalue weighted by Gasteiger charge is -2.09. The molecule has 0 unspecified atom stereocenters. The number of benzene rings is 2. The van der Waals surface area contributed by atoms with Gasteiger partial charge in [-0.2, -0.15) is 13.2 Å². The number of alkyl halides is 3. The quantitative estimate of drug-likeness (QED) is 0.632. The highest BCUT2D eigenvalue weighted by Crippen LogP contribution is 2.30. The van der Waals surface area contributed by atoms with Crippen LogP contribution in [0.25, 0.3) is 11.4 Å². The van der Waals surface area contributed by atoms with Gasteiger partial charge in [-0.05, 0) is 31.2 Å². The summed E-state index contributed by atoms with van der Waals surface area (Å²) in [5, 5.41) is 11.3. The van der Waals surface area contributed by atoms with E-state index in [0.29, 0.717) is 11.0 Å². The SMILES string of the molecule is Cc1cccc(-c2nnc(SCC(=O)Nc3cccc(C(F)(F)F)c3)n2C)c1. The van der Waals surface area contributed by atoms with E-state index in [1.807, 2.05) is 31.2 Å². The van der Waals surface area contributed by atoms with Crippen LogP contribution in [0, 0.1) is 6.92 Å². The van der Waals surface area contributed by atoms with Crippen LogP contribution in [0.5, 0.6) is 0 Å². The number of amides is 1. The van der Waals surface area contributed by atoms with E-state index in [1.165, 1.54) is 12.1 Å². The average molecular weight is 406 g/mol. The van der Waals surface area contributed by atoms with Crippen LogP contribution in [-0.4, -0.2) is 26.4 Å². The molecular formula is C19H17F3N4OS. The predicted octanol–water partition coefficient (Wildman–Crippen LogP) is 4.54. The van der Waals surface area contributed by atoms with E-state index in [4.69, 9.17) is 0 Å². The minimum absolute atomic E-state index is 0.00393. The van der Waals surface area contributed by atoms with Gasteiger partial charge in [-0.3, -0.25) is 4.79 Å². The van der Waals surface area contributed by atoms with Crippen molar-refractivity contribution in [3.8, 4) is 11.4 Å². The third-order valence-corrected chi connectivity index (χ3v) is 4.94. The minimum Gasteiger partial charge on any atom is -0.325 e. The second-order valence-electron chi connectivity index (χ2n) is 6.15. The second-order valence-corrected chi connectivity index (χ2v) is 7.09. The van der Waals surface area contributed by atoms with Crippen LogP contribution in [-0.2, 0) is 18.0 Å². The summed E-state index contributed by atoms with van der Waals surface area (Å²) < 4.78 is 40.0. The van der Waals surface area contributed by atoms with Crippen LogP contribution in [0.1, 0.15) is 11.1 Å². The van der Waals surface area contributed by atoms with Gasteiger partial charge >= 0.3 is 6.18 Å². The van der Waals surface area contributed by atoms with Crippen LogP contribution in [0.15, 0.2) is 53.7 Å². The number of nitrogens with one attached hydrogen (secondary N) is 1. The lowest BCUT2D eigenvalue weighted by atomic mass is 10.1. The first-order chi connectivity index (χ1) is 13.2. The van der Waals surface area contributed by atoms with Gasteiger partial charge in [-0.25, -0.2) is 0 Å². The fraction of sp³-hybridized carbons (Fsp3) is 0.211. The Bertz CT molecular complexity index is 1000. The number of anilines is 1. The van der Waals surface area contributed by atoms with Gasteiger partial charge in [-0.1, -0.05) is 41.6 Å². The van der Waals surface area contributed by atoms with Crippen LogP contribution >= 0.6 is 11.8 Å². The first-order valence-electron chi connectivity index (χ1n) is 8.30. The summed E-state index contributed by atoms with van der Waals surface area (Å²) >= 11 is 1.16. The first kappa shape index (κ1) is 19.9. The molecule has 3 aromatic rings. The van der Waals surface area contributed by atoms with Crippen molar-refractivity contribution >= 4 is 23.4 Å². The maximum Gasteiger partial charge on any atom is 0.416 e. The Balaban J connectivity index is 1.64. The van der Waals surface area contributed by atoms with Crippen molar-refractivity contribution in [3.05, 3.63) is 59.7 Å². The lowest BCUT2D eigenvalue weighted by Crippen LogP contribution is -2.15. The molecule has 9 heteroatoms. The van der Waals surface area contributed by atoms with Crippen molar-refractivity contribution in [1.29, 1.82) is 0 Å². The zero-order chi connectivity index (χ0) is 20.3. The van der Waals surface area contributed by atoms with Gasteiger partial charge in [0.15, 0.2) is 11.0 Å². The van der Waals surface area contributed by atoms with Crippen LogP contribution < -0.4 is 5.32 Å². The largest absolute Gasteiger partial charge is 0.416 e. The highest BCUT2D eigenvalue weighted by Gasteiger charge is 2.30. The van der Waals surface area contributed by atoms with Gasteiger partial charge in [0.2, 0.25) is 5.91 Å². The van der Waals surface area contributed by atoms with E-state index in [2.05, 4.69) is 15.5 Å². The molecule has 0 aliphatic heterocycles. The van der Waals surface area contributed by atoms with E-state index in [9.17, 15) is 18.0 Å². The standard InChI is InChI=1S/C19H17F3N4OS/c1-12-5-3-6-13(9-12)17-24-25-18(26(17)2)28-11-16(27)23-15-8-4-7-14(10-15)19(20,21)22/h3-10H,11H2,1-2H3,(H,23,27). The molecule has 146 valence electrons. The van der Waals surface area contributed by atoms with Crippen LogP contribution in [0.2, 0.25) is 0 Å². The molecule has 1 N–H and O–H groups in total. The molecule has 0 bridgehead atoms. The van der Waals surface area contributed by atoms with E-state index in [0.717, 1.165) is 35.0 Å². The molecular weight excluding hydrogens is 389 g/mol. The molecule has 0 radical (unpaired) electrons. The smallest absolute Gasteiger partial charge is 0.325 e. The third kappa shape index (κ3) is 4.72. The Morgan fingerprint density at radius 2 is 1.89 bits per heavy atom. The van der Waals surface area contributed by atoms with E-state index in [-0.39, 0.29) is 11.4 Å². The van der Waals surface area contributed by atoms with Gasteiger partial charge in [0.05, 0.1) is 11.3 Å². The monoisotopic (exact) mass is 406 g/mol. The summed E-state index contributed by atoms with van der Waals surface area (Å²) in [5.74, 6) is 0.240. The van der Waals surface area contributed by atoms with Crippen molar-refractivity contribution in [2.24, 2.45) is 7.05 Å². The third-order valence-electron chi connectivity index (χ3n) is 3.92. The molecule has 0 saturated heterocycles. The van der Waals surface area contributed by atoms with E-state index < -0.39 is 17.6 Å². The van der Waals surface area contributed by atoms with Crippen molar-refractivity contribution in [3.63, 3.8) is 0 Å². The molecule has 0 atom stereocenters. The summed E-state index contributed by atoms with van der Waals surface area (Å²) in [7, 11) is 1.80. The molecule has 28 heavy (non-hydrogen) atoms. The van der Waals surface area contributed by atoms with Gasteiger partial charge < -0.3 is 9.88 Å². The molecule has 1 aromatic heterocycles. The van der Waals surface area contributed by atoms with Crippen LogP contribution in [0.4, 0.5) is 18.9 Å². The Morgan fingerprint density at radius 3 is 2.61 bits per heavy atom. The predicted molar refractivity (Wildman–Crippen MR) is 102 cm³/mol. The van der Waals surface area contributed by atoms with Gasteiger partial charge in [0.1, 0.15) is 0 Å². The fourth-order valence-electron chi connectivity index (χ4n) is 2.58. The lowest BCUT2D eigenvalue weighted by molar-refractivity contribution is -0.137. The number of carbonyl (C=O) groups excluding carboxylic acids is 1. The molecule has 1 heterocycles. The Kier molecular flexibility index (Phi) is 5.73. The number of rotatable bonds is 5. The first-order valence-corrected chi connectivity index (χ1v) is 9.29. The highest BCUT2D eigenvalue weighted by atomic mass is 32.2. The Morgan fingerprint density at radius 1 is 1.14 bits per heavy atom. The number of halogens is 3. The molecule has 2 aromatic carbocycles. The van der Waals surface area contributed by atoms with Crippen molar-refractivity contribution < 1.29 is 18.0 Å². The number of carbonyl (C=O) groups is 1. The fourth-order valence-corrected chi connectivity index (χ4v) is 3.29. The Hall–Kier alpha value is -2.81. The van der Waals surface area contributed by atoms with E-state index in [1.54, 1.807) is 11.6 Å². The molecule has 0 spiro atoms. The maximum atomic E-state index is 12.8. The number of thioether (sulfide) groups is 1. The molecule has 1 amide bonds. The number of hydrogen-bond acceptors (Lipinski definition) is 4. The molecule has 0 fully saturated rings. The number of aromatic nitrogens is 3. The van der Waals surface area contributed by atoms with Gasteiger partial charge in [0.25, 0.3) is 0 Å². The molecule has 0 aliphatic carbocycles. The summed E-state index contributed by atoms with van der Waals surface area (Å²) in [6, 6.07) is 12.3. The maximum absolute atomic E-state index is 12.8. The van der Waals surface area contributed by atoms with Crippen molar-refractivity contribution in [1.82, 2.24) is 14.8 Å². The molecule has 5 nitrogen and oxygen atoms in total. The summed E-state index contributed by atoms with van der Waals surface area (Å²) in [4.78, 5) is 12.1.